The number of piperidine rings is 1. The molecule has 3 heteroatoms. The van der Waals surface area contributed by atoms with Gasteiger partial charge in [0.2, 0.25) is 0 Å². The van der Waals surface area contributed by atoms with Gasteiger partial charge in [0, 0.05) is 11.5 Å². The first-order valence-electron chi connectivity index (χ1n) is 7.75. The number of halogens is 1. The van der Waals surface area contributed by atoms with Crippen molar-refractivity contribution in [2.24, 2.45) is 5.92 Å². The molecular weight excluding hydrogens is 270 g/mol. The lowest BCUT2D eigenvalue weighted by atomic mass is 9.53. The molecule has 0 radical (unpaired) electrons. The third-order valence-electron chi connectivity index (χ3n) is 5.87. The largest absolute Gasteiger partial charge is 0.496 e. The van der Waals surface area contributed by atoms with E-state index in [4.69, 9.17) is 4.74 Å². The van der Waals surface area contributed by atoms with E-state index in [-0.39, 0.29) is 12.4 Å². The van der Waals surface area contributed by atoms with Gasteiger partial charge in [-0.3, -0.25) is 0 Å². The number of ether oxygens (including phenoxy) is 1. The molecule has 0 aromatic heterocycles. The summed E-state index contributed by atoms with van der Waals surface area (Å²) in [6.45, 7) is 1.19. The number of benzene rings is 1. The Labute approximate surface area is 127 Å². The van der Waals surface area contributed by atoms with Crippen LogP contribution in [0.5, 0.6) is 5.75 Å². The molecule has 1 saturated carbocycles. The smallest absolute Gasteiger partial charge is 0.122 e. The van der Waals surface area contributed by atoms with E-state index in [2.05, 4.69) is 23.5 Å². The molecule has 1 heterocycles. The maximum Gasteiger partial charge on any atom is 0.122 e. The van der Waals surface area contributed by atoms with Crippen molar-refractivity contribution in [3.63, 3.8) is 0 Å². The molecule has 2 nitrogen and oxygen atoms in total. The van der Waals surface area contributed by atoms with Gasteiger partial charge >= 0.3 is 0 Å². The molecule has 2 aliphatic carbocycles. The second kappa shape index (κ2) is 5.23. The minimum atomic E-state index is 0. The predicted octanol–water partition coefficient (Wildman–Crippen LogP) is 3.46. The molecule has 1 aromatic carbocycles. The Balaban J connectivity index is 0.00000121. The van der Waals surface area contributed by atoms with Crippen LogP contribution in [0.2, 0.25) is 0 Å². The summed E-state index contributed by atoms with van der Waals surface area (Å²) in [6, 6.07) is 7.39. The van der Waals surface area contributed by atoms with Gasteiger partial charge in [-0.15, -0.1) is 12.4 Å². The molecule has 3 atom stereocenters. The molecule has 0 amide bonds. The van der Waals surface area contributed by atoms with Crippen LogP contribution in [0.25, 0.3) is 0 Å². The predicted molar refractivity (Wildman–Crippen MR) is 84.0 cm³/mol. The lowest BCUT2D eigenvalue weighted by Gasteiger charge is -2.56. The van der Waals surface area contributed by atoms with E-state index in [1.54, 1.807) is 5.56 Å². The first kappa shape index (κ1) is 14.2. The van der Waals surface area contributed by atoms with Gasteiger partial charge in [0.15, 0.2) is 0 Å². The van der Waals surface area contributed by atoms with Crippen molar-refractivity contribution in [1.29, 1.82) is 0 Å². The van der Waals surface area contributed by atoms with Gasteiger partial charge in [-0.2, -0.15) is 0 Å². The monoisotopic (exact) mass is 293 g/mol. The number of fused-ring (bicyclic) bond motifs is 1. The Morgan fingerprint density at radius 3 is 3.00 bits per heavy atom. The highest BCUT2D eigenvalue weighted by atomic mass is 35.5. The maximum absolute atomic E-state index is 5.63. The second-order valence-electron chi connectivity index (χ2n) is 6.51. The first-order chi connectivity index (χ1) is 9.35. The standard InChI is InChI=1S/C17H23NO.ClH/c1-19-16-7-4-6-13-12(16)11-15-14-5-2-3-8-17(13,14)9-10-18-15;/h4,6-7,14-15,18H,2-3,5,8-11H2,1H3;1H/t14-,15+,17-;/m0./s1. The molecule has 1 aliphatic heterocycles. The minimum absolute atomic E-state index is 0. The number of methoxy groups -OCH3 is 1. The van der Waals surface area contributed by atoms with Crippen LogP contribution in [0.4, 0.5) is 0 Å². The van der Waals surface area contributed by atoms with Crippen LogP contribution >= 0.6 is 12.4 Å². The Kier molecular flexibility index (Phi) is 3.72. The summed E-state index contributed by atoms with van der Waals surface area (Å²) in [7, 11) is 1.81. The Morgan fingerprint density at radius 1 is 1.25 bits per heavy atom. The second-order valence-corrected chi connectivity index (χ2v) is 6.51. The van der Waals surface area contributed by atoms with E-state index in [0.717, 1.165) is 18.1 Å². The van der Waals surface area contributed by atoms with E-state index >= 15 is 0 Å². The molecular formula is C17H24ClNO. The minimum Gasteiger partial charge on any atom is -0.496 e. The normalized spacial score (nSPS) is 34.5. The quantitative estimate of drug-likeness (QED) is 0.856. The van der Waals surface area contributed by atoms with Crippen molar-refractivity contribution in [2.75, 3.05) is 13.7 Å². The Morgan fingerprint density at radius 2 is 2.15 bits per heavy atom. The van der Waals surface area contributed by atoms with Crippen LogP contribution < -0.4 is 10.1 Å². The zero-order valence-corrected chi connectivity index (χ0v) is 13.0. The zero-order valence-electron chi connectivity index (χ0n) is 12.2. The summed E-state index contributed by atoms with van der Waals surface area (Å²) in [5.41, 5.74) is 3.56. The fraction of sp³-hybridized carbons (Fsp3) is 0.647. The number of nitrogens with one attached hydrogen (secondary N) is 1. The fourth-order valence-corrected chi connectivity index (χ4v) is 5.12. The molecule has 2 fully saturated rings. The Bertz CT molecular complexity index is 500. The van der Waals surface area contributed by atoms with Gasteiger partial charge < -0.3 is 10.1 Å². The third-order valence-corrected chi connectivity index (χ3v) is 5.87. The van der Waals surface area contributed by atoms with E-state index in [1.165, 1.54) is 44.2 Å². The van der Waals surface area contributed by atoms with Crippen molar-refractivity contribution in [3.8, 4) is 5.75 Å². The summed E-state index contributed by atoms with van der Waals surface area (Å²) in [5, 5.41) is 3.78. The number of hydrogen-bond donors (Lipinski definition) is 1. The van der Waals surface area contributed by atoms with Crippen LogP contribution in [0.1, 0.15) is 43.2 Å². The highest BCUT2D eigenvalue weighted by Gasteiger charge is 2.51. The number of hydrogen-bond acceptors (Lipinski definition) is 2. The van der Waals surface area contributed by atoms with Crippen LogP contribution in [-0.4, -0.2) is 19.7 Å². The van der Waals surface area contributed by atoms with Gasteiger partial charge in [0.1, 0.15) is 5.75 Å². The average molecular weight is 294 g/mol. The van der Waals surface area contributed by atoms with Crippen molar-refractivity contribution >= 4 is 12.4 Å². The molecule has 4 rings (SSSR count). The Hall–Kier alpha value is -0.730. The van der Waals surface area contributed by atoms with E-state index in [1.807, 2.05) is 7.11 Å². The first-order valence-corrected chi connectivity index (χ1v) is 7.75. The molecule has 20 heavy (non-hydrogen) atoms. The van der Waals surface area contributed by atoms with Gasteiger partial charge in [-0.05, 0) is 55.3 Å². The van der Waals surface area contributed by atoms with Gasteiger partial charge in [0.05, 0.1) is 7.11 Å². The molecule has 1 saturated heterocycles. The van der Waals surface area contributed by atoms with Crippen LogP contribution in [0.15, 0.2) is 18.2 Å². The van der Waals surface area contributed by atoms with Crippen molar-refractivity contribution in [3.05, 3.63) is 29.3 Å². The highest BCUT2D eigenvalue weighted by Crippen LogP contribution is 2.54. The summed E-state index contributed by atoms with van der Waals surface area (Å²) in [4.78, 5) is 0. The maximum atomic E-state index is 5.63. The van der Waals surface area contributed by atoms with Crippen LogP contribution in [-0.2, 0) is 11.8 Å². The van der Waals surface area contributed by atoms with E-state index in [9.17, 15) is 0 Å². The molecule has 1 N–H and O–H groups in total. The topological polar surface area (TPSA) is 21.3 Å². The van der Waals surface area contributed by atoms with Gasteiger partial charge in [-0.1, -0.05) is 25.0 Å². The van der Waals surface area contributed by atoms with Gasteiger partial charge in [0.25, 0.3) is 0 Å². The van der Waals surface area contributed by atoms with Crippen molar-refractivity contribution in [2.45, 2.75) is 50.0 Å². The highest BCUT2D eigenvalue weighted by molar-refractivity contribution is 5.85. The molecule has 0 unspecified atom stereocenters. The van der Waals surface area contributed by atoms with Crippen LogP contribution in [0, 0.1) is 5.92 Å². The average Bonchev–Trinajstić information content (AvgIpc) is 2.46. The molecule has 0 spiro atoms. The lowest BCUT2D eigenvalue weighted by molar-refractivity contribution is 0.0788. The molecule has 1 aromatic rings. The molecule has 110 valence electrons. The van der Waals surface area contributed by atoms with Crippen molar-refractivity contribution in [1.82, 2.24) is 5.32 Å². The van der Waals surface area contributed by atoms with Crippen molar-refractivity contribution < 1.29 is 4.74 Å². The van der Waals surface area contributed by atoms with Crippen LogP contribution in [0.3, 0.4) is 0 Å². The lowest BCUT2D eigenvalue weighted by Crippen LogP contribution is -2.59. The summed E-state index contributed by atoms with van der Waals surface area (Å²) >= 11 is 0. The van der Waals surface area contributed by atoms with E-state index < -0.39 is 0 Å². The zero-order chi connectivity index (χ0) is 12.9. The fourth-order valence-electron chi connectivity index (χ4n) is 5.12. The summed E-state index contributed by atoms with van der Waals surface area (Å²) < 4.78 is 5.63. The number of rotatable bonds is 1. The summed E-state index contributed by atoms with van der Waals surface area (Å²) in [6.07, 6.45) is 8.09. The SMILES string of the molecule is COc1cccc2c1C[C@H]1NCC[C@@]23CCCC[C@@H]13.Cl. The van der Waals surface area contributed by atoms with E-state index in [0.29, 0.717) is 11.5 Å². The third kappa shape index (κ3) is 1.81. The molecule has 2 bridgehead atoms. The van der Waals surface area contributed by atoms with Gasteiger partial charge in [-0.25, -0.2) is 0 Å². The summed E-state index contributed by atoms with van der Waals surface area (Å²) in [5.74, 6) is 1.96. The molecule has 3 aliphatic rings.